The van der Waals surface area contributed by atoms with Crippen molar-refractivity contribution in [2.24, 2.45) is 7.05 Å². The van der Waals surface area contributed by atoms with Gasteiger partial charge in [-0.15, -0.1) is 0 Å². The Morgan fingerprint density at radius 2 is 2.00 bits per heavy atom. The van der Waals surface area contributed by atoms with Crippen LogP contribution in [0.5, 0.6) is 5.75 Å². The van der Waals surface area contributed by atoms with Gasteiger partial charge in [-0.2, -0.15) is 0 Å². The van der Waals surface area contributed by atoms with Gasteiger partial charge in [0, 0.05) is 18.0 Å². The number of hydrogen-bond donors (Lipinski definition) is 1. The first-order chi connectivity index (χ1) is 10.7. The van der Waals surface area contributed by atoms with Gasteiger partial charge in [0.05, 0.1) is 12.1 Å². The second-order valence-electron chi connectivity index (χ2n) is 6.67. The molecule has 124 valence electrons. The predicted octanol–water partition coefficient (Wildman–Crippen LogP) is 2.86. The fraction of sp³-hybridized carbons (Fsp3) is 0.444. The van der Waals surface area contributed by atoms with Crippen LogP contribution in [0.3, 0.4) is 0 Å². The van der Waals surface area contributed by atoms with Crippen LogP contribution in [-0.4, -0.2) is 22.6 Å². The molecule has 23 heavy (non-hydrogen) atoms. The van der Waals surface area contributed by atoms with Crippen LogP contribution >= 0.6 is 0 Å². The topological polar surface area (TPSA) is 60.3 Å². The third-order valence-electron chi connectivity index (χ3n) is 3.40. The van der Waals surface area contributed by atoms with Crippen LogP contribution in [-0.2, 0) is 7.05 Å². The Labute approximate surface area is 136 Å². The molecule has 0 atom stereocenters. The molecule has 0 unspecified atom stereocenters. The quantitative estimate of drug-likeness (QED) is 0.943. The monoisotopic (exact) mass is 316 g/mol. The Kier molecular flexibility index (Phi) is 4.78. The Bertz CT molecular complexity index is 785. The molecule has 0 radical (unpaired) electrons. The number of carbonyl (C=O) groups excluding carboxylic acids is 1. The number of fused-ring (bicyclic) bond motifs is 1. The number of rotatable bonds is 4. The van der Waals surface area contributed by atoms with Gasteiger partial charge < -0.3 is 14.6 Å². The lowest BCUT2D eigenvalue weighted by Crippen LogP contribution is -2.43. The van der Waals surface area contributed by atoms with Crippen molar-refractivity contribution in [3.8, 4) is 5.75 Å². The molecule has 5 heteroatoms. The molecular weight excluding hydrogens is 292 g/mol. The normalized spacial score (nSPS) is 11.5. The summed E-state index contributed by atoms with van der Waals surface area (Å²) in [5, 5.41) is 3.64. The minimum absolute atomic E-state index is 0.141. The highest BCUT2D eigenvalue weighted by atomic mass is 16.5. The van der Waals surface area contributed by atoms with Gasteiger partial charge in [-0.3, -0.25) is 9.59 Å². The molecule has 2 rings (SSSR count). The Morgan fingerprint density at radius 1 is 1.30 bits per heavy atom. The number of hydrogen-bond acceptors (Lipinski definition) is 3. The molecule has 0 saturated heterocycles. The van der Waals surface area contributed by atoms with E-state index in [0.717, 1.165) is 11.8 Å². The van der Waals surface area contributed by atoms with Crippen LogP contribution in [0, 0.1) is 0 Å². The molecule has 2 aromatic rings. The van der Waals surface area contributed by atoms with Crippen molar-refractivity contribution >= 4 is 16.8 Å². The smallest absolute Gasteiger partial charge is 0.263 e. The number of benzene rings is 1. The zero-order valence-corrected chi connectivity index (χ0v) is 14.4. The predicted molar refractivity (Wildman–Crippen MR) is 92.2 cm³/mol. The summed E-state index contributed by atoms with van der Waals surface area (Å²) in [4.78, 5) is 25.0. The molecule has 0 bridgehead atoms. The number of aryl methyl sites for hydroxylation is 1. The van der Waals surface area contributed by atoms with Gasteiger partial charge in [0.2, 0.25) is 0 Å². The van der Waals surface area contributed by atoms with Crippen LogP contribution < -0.4 is 15.6 Å². The Balaban J connectivity index is 2.58. The van der Waals surface area contributed by atoms with Crippen LogP contribution in [0.1, 0.15) is 44.5 Å². The van der Waals surface area contributed by atoms with Gasteiger partial charge in [0.1, 0.15) is 11.3 Å². The van der Waals surface area contributed by atoms with E-state index < -0.39 is 5.54 Å². The average Bonchev–Trinajstić information content (AvgIpc) is 2.46. The van der Waals surface area contributed by atoms with Gasteiger partial charge >= 0.3 is 0 Å². The maximum atomic E-state index is 12.6. The van der Waals surface area contributed by atoms with E-state index in [0.29, 0.717) is 17.9 Å². The minimum atomic E-state index is -0.400. The lowest BCUT2D eigenvalue weighted by molar-refractivity contribution is 0.0917. The number of aromatic nitrogens is 1. The Morgan fingerprint density at radius 3 is 2.61 bits per heavy atom. The fourth-order valence-corrected chi connectivity index (χ4v) is 2.41. The number of amides is 1. The lowest BCUT2D eigenvalue weighted by atomic mass is 10.1. The lowest BCUT2D eigenvalue weighted by Gasteiger charge is -2.21. The number of carbonyl (C=O) groups is 1. The number of pyridine rings is 1. The minimum Gasteiger partial charge on any atom is -0.491 e. The summed E-state index contributed by atoms with van der Waals surface area (Å²) in [5.74, 6) is 0.298. The summed E-state index contributed by atoms with van der Waals surface area (Å²) >= 11 is 0. The molecule has 0 aliphatic heterocycles. The van der Waals surface area contributed by atoms with Crippen molar-refractivity contribution in [2.45, 2.75) is 39.7 Å². The highest BCUT2D eigenvalue weighted by Gasteiger charge is 2.20. The zero-order chi connectivity index (χ0) is 17.2. The van der Waals surface area contributed by atoms with Crippen molar-refractivity contribution < 1.29 is 9.53 Å². The second kappa shape index (κ2) is 6.44. The molecule has 1 aromatic carbocycles. The first-order valence-corrected chi connectivity index (χ1v) is 7.82. The molecule has 0 fully saturated rings. The molecule has 1 amide bonds. The molecule has 1 aromatic heterocycles. The highest BCUT2D eigenvalue weighted by molar-refractivity contribution is 5.98. The largest absolute Gasteiger partial charge is 0.491 e. The SMILES string of the molecule is CCCOc1cccc2cc(C(=O)NC(C)(C)C)c(=O)n(C)c12. The number of para-hydroxylation sites is 1. The third kappa shape index (κ3) is 3.73. The average molecular weight is 316 g/mol. The third-order valence-corrected chi connectivity index (χ3v) is 3.40. The zero-order valence-electron chi connectivity index (χ0n) is 14.4. The van der Waals surface area contributed by atoms with Crippen molar-refractivity contribution in [3.63, 3.8) is 0 Å². The van der Waals surface area contributed by atoms with Crippen LogP contribution in [0.15, 0.2) is 29.1 Å². The summed E-state index contributed by atoms with van der Waals surface area (Å²) in [7, 11) is 1.66. The maximum absolute atomic E-state index is 12.6. The maximum Gasteiger partial charge on any atom is 0.263 e. The van der Waals surface area contributed by atoms with Gasteiger partial charge in [-0.25, -0.2) is 0 Å². The van der Waals surface area contributed by atoms with E-state index in [2.05, 4.69) is 5.32 Å². The molecule has 1 N–H and O–H groups in total. The van der Waals surface area contributed by atoms with Crippen LogP contribution in [0.25, 0.3) is 10.9 Å². The summed E-state index contributed by atoms with van der Waals surface area (Å²) < 4.78 is 7.21. The molecule has 5 nitrogen and oxygen atoms in total. The van der Waals surface area contributed by atoms with E-state index in [9.17, 15) is 9.59 Å². The molecule has 0 saturated carbocycles. The molecule has 0 aliphatic rings. The standard InChI is InChI=1S/C18H24N2O3/c1-6-10-23-14-9-7-8-12-11-13(16(21)19-18(2,3)4)17(22)20(5)15(12)14/h7-9,11H,6,10H2,1-5H3,(H,19,21). The fourth-order valence-electron chi connectivity index (χ4n) is 2.41. The van der Waals surface area contributed by atoms with E-state index >= 15 is 0 Å². The summed E-state index contributed by atoms with van der Waals surface area (Å²) in [6.45, 7) is 8.26. The molecule has 0 aliphatic carbocycles. The van der Waals surface area contributed by atoms with E-state index in [1.54, 1.807) is 13.1 Å². The summed E-state index contributed by atoms with van der Waals surface area (Å²) in [6.07, 6.45) is 0.885. The van der Waals surface area contributed by atoms with Gasteiger partial charge in [-0.05, 0) is 39.3 Å². The first kappa shape index (κ1) is 17.1. The Hall–Kier alpha value is -2.30. The van der Waals surface area contributed by atoms with Gasteiger partial charge in [0.25, 0.3) is 11.5 Å². The van der Waals surface area contributed by atoms with Gasteiger partial charge in [0.15, 0.2) is 0 Å². The van der Waals surface area contributed by atoms with Crippen molar-refractivity contribution in [2.75, 3.05) is 6.61 Å². The van der Waals surface area contributed by atoms with Crippen molar-refractivity contribution in [1.29, 1.82) is 0 Å². The van der Waals surface area contributed by atoms with Crippen molar-refractivity contribution in [3.05, 3.63) is 40.2 Å². The highest BCUT2D eigenvalue weighted by Crippen LogP contribution is 2.24. The number of nitrogens with zero attached hydrogens (tertiary/aromatic N) is 1. The van der Waals surface area contributed by atoms with Crippen LogP contribution in [0.4, 0.5) is 0 Å². The number of ether oxygens (including phenoxy) is 1. The van der Waals surface area contributed by atoms with E-state index in [4.69, 9.17) is 4.74 Å². The molecular formula is C18H24N2O3. The molecule has 0 spiro atoms. The van der Waals surface area contributed by atoms with E-state index in [1.807, 2.05) is 45.9 Å². The van der Waals surface area contributed by atoms with E-state index in [-0.39, 0.29) is 17.0 Å². The van der Waals surface area contributed by atoms with Gasteiger partial charge in [-0.1, -0.05) is 19.1 Å². The van der Waals surface area contributed by atoms with Crippen molar-refractivity contribution in [1.82, 2.24) is 9.88 Å². The summed E-state index contributed by atoms with van der Waals surface area (Å²) in [5.41, 5.74) is 0.121. The second-order valence-corrected chi connectivity index (χ2v) is 6.67. The summed E-state index contributed by atoms with van der Waals surface area (Å²) in [6, 6.07) is 7.22. The van der Waals surface area contributed by atoms with Crippen LogP contribution in [0.2, 0.25) is 0 Å². The molecule has 1 heterocycles. The first-order valence-electron chi connectivity index (χ1n) is 7.82. The van der Waals surface area contributed by atoms with E-state index in [1.165, 1.54) is 4.57 Å². The number of nitrogens with one attached hydrogen (secondary N) is 1.